The third kappa shape index (κ3) is 3.99. The number of ether oxygens (including phenoxy) is 1. The maximum atomic E-state index is 12.4. The molecule has 2 aliphatic heterocycles. The van der Waals surface area contributed by atoms with Gasteiger partial charge in [-0.25, -0.2) is 0 Å². The molecule has 140 valence electrons. The van der Waals surface area contributed by atoms with Crippen molar-refractivity contribution in [2.24, 2.45) is 5.92 Å². The van der Waals surface area contributed by atoms with Gasteiger partial charge in [0, 0.05) is 19.0 Å². The first kappa shape index (κ1) is 17.3. The number of fused-ring (bicyclic) bond motifs is 1. The number of aromatic nitrogens is 1. The summed E-state index contributed by atoms with van der Waals surface area (Å²) < 4.78 is 11.2. The smallest absolute Gasteiger partial charge is 0.298 e. The third-order valence-electron chi connectivity index (χ3n) is 5.40. The molecule has 0 bridgehead atoms. The van der Waals surface area contributed by atoms with Gasteiger partial charge in [-0.05, 0) is 25.0 Å². The van der Waals surface area contributed by atoms with Crippen LogP contribution in [-0.2, 0) is 9.53 Å². The van der Waals surface area contributed by atoms with Crippen LogP contribution in [0.15, 0.2) is 28.7 Å². The maximum Gasteiger partial charge on any atom is 0.298 e. The zero-order chi connectivity index (χ0) is 17.8. The van der Waals surface area contributed by atoms with Gasteiger partial charge in [-0.15, -0.1) is 0 Å². The molecule has 2 fully saturated rings. The number of nitrogens with zero attached hydrogens (tertiary/aromatic N) is 2. The number of para-hydroxylation sites is 2. The Morgan fingerprint density at radius 2 is 2.00 bits per heavy atom. The maximum absolute atomic E-state index is 12.4. The Hall–Kier alpha value is -2.12. The number of rotatable bonds is 5. The van der Waals surface area contributed by atoms with Crippen molar-refractivity contribution in [3.63, 3.8) is 0 Å². The number of oxazole rings is 1. The first-order chi connectivity index (χ1) is 12.8. The minimum absolute atomic E-state index is 0.0929. The van der Waals surface area contributed by atoms with Crippen LogP contribution in [0.2, 0.25) is 0 Å². The van der Waals surface area contributed by atoms with E-state index in [4.69, 9.17) is 9.15 Å². The number of morpholine rings is 1. The molecule has 26 heavy (non-hydrogen) atoms. The molecule has 4 rings (SSSR count). The van der Waals surface area contributed by atoms with Crippen molar-refractivity contribution >= 4 is 23.0 Å². The number of nitrogens with one attached hydrogen (secondary N) is 2. The summed E-state index contributed by atoms with van der Waals surface area (Å²) in [5.41, 5.74) is 1.70. The quantitative estimate of drug-likeness (QED) is 0.791. The molecule has 0 atom stereocenters. The molecule has 2 saturated heterocycles. The van der Waals surface area contributed by atoms with Crippen molar-refractivity contribution in [3.8, 4) is 0 Å². The second-order valence-corrected chi connectivity index (χ2v) is 7.13. The van der Waals surface area contributed by atoms with Crippen molar-refractivity contribution in [2.45, 2.75) is 12.8 Å². The number of amides is 1. The molecule has 1 aromatic carbocycles. The number of hydrogen-bond donors (Lipinski definition) is 2. The molecule has 1 aromatic heterocycles. The van der Waals surface area contributed by atoms with Gasteiger partial charge in [0.25, 0.3) is 6.01 Å². The normalized spacial score (nSPS) is 19.8. The van der Waals surface area contributed by atoms with Gasteiger partial charge in [0.2, 0.25) is 5.91 Å². The molecule has 2 aliphatic rings. The van der Waals surface area contributed by atoms with E-state index < -0.39 is 0 Å². The van der Waals surface area contributed by atoms with Crippen LogP contribution in [0.25, 0.3) is 11.1 Å². The Kier molecular flexibility index (Phi) is 5.36. The molecule has 3 heterocycles. The van der Waals surface area contributed by atoms with E-state index in [0.29, 0.717) is 6.01 Å². The Bertz CT molecular complexity index is 700. The molecule has 7 nitrogen and oxygen atoms in total. The largest absolute Gasteiger partial charge is 0.423 e. The molecule has 1 amide bonds. The molecule has 2 aromatic rings. The summed E-state index contributed by atoms with van der Waals surface area (Å²) in [6.45, 7) is 7.09. The molecule has 0 spiro atoms. The predicted molar refractivity (Wildman–Crippen MR) is 98.3 cm³/mol. The second-order valence-electron chi connectivity index (χ2n) is 7.13. The van der Waals surface area contributed by atoms with Crippen LogP contribution >= 0.6 is 0 Å². The average molecular weight is 359 g/mol. The summed E-state index contributed by atoms with van der Waals surface area (Å²) in [6, 6.07) is 8.47. The van der Waals surface area contributed by atoms with Gasteiger partial charge in [0.1, 0.15) is 18.6 Å². The topological polar surface area (TPSA) is 72.0 Å². The van der Waals surface area contributed by atoms with E-state index in [-0.39, 0.29) is 11.8 Å². The van der Waals surface area contributed by atoms with Crippen LogP contribution < -0.4 is 15.1 Å². The van der Waals surface area contributed by atoms with E-state index in [1.54, 1.807) is 0 Å². The summed E-state index contributed by atoms with van der Waals surface area (Å²) in [7, 11) is 0. The van der Waals surface area contributed by atoms with E-state index in [1.807, 2.05) is 24.3 Å². The summed E-state index contributed by atoms with van der Waals surface area (Å²) in [5.74, 6) is 0.283. The number of piperidine rings is 1. The monoisotopic (exact) mass is 359 g/mol. The highest BCUT2D eigenvalue weighted by Crippen LogP contribution is 2.26. The lowest BCUT2D eigenvalue weighted by molar-refractivity contribution is -0.906. The summed E-state index contributed by atoms with van der Waals surface area (Å²) in [6.07, 6.45) is 1.68. The van der Waals surface area contributed by atoms with Crippen LogP contribution in [0.4, 0.5) is 6.01 Å². The van der Waals surface area contributed by atoms with Gasteiger partial charge in [-0.1, -0.05) is 12.1 Å². The first-order valence-electron chi connectivity index (χ1n) is 9.59. The van der Waals surface area contributed by atoms with E-state index in [2.05, 4.69) is 15.2 Å². The van der Waals surface area contributed by atoms with Crippen LogP contribution in [0.5, 0.6) is 0 Å². The van der Waals surface area contributed by atoms with Crippen LogP contribution in [-0.4, -0.2) is 63.4 Å². The fourth-order valence-corrected chi connectivity index (χ4v) is 3.75. The van der Waals surface area contributed by atoms with Crippen LogP contribution in [0.1, 0.15) is 12.8 Å². The molecular weight excluding hydrogens is 332 g/mol. The zero-order valence-electron chi connectivity index (χ0n) is 15.1. The molecule has 0 aliphatic carbocycles. The highest BCUT2D eigenvalue weighted by atomic mass is 16.5. The van der Waals surface area contributed by atoms with Crippen molar-refractivity contribution in [3.05, 3.63) is 24.3 Å². The van der Waals surface area contributed by atoms with Crippen LogP contribution in [0, 0.1) is 5.92 Å². The minimum Gasteiger partial charge on any atom is -0.423 e. The fourth-order valence-electron chi connectivity index (χ4n) is 3.75. The zero-order valence-corrected chi connectivity index (χ0v) is 15.1. The third-order valence-corrected chi connectivity index (χ3v) is 5.40. The standard InChI is InChI=1S/C19H26N4O3/c24-18(20-7-10-22-11-13-25-14-12-22)15-5-8-23(9-6-15)19-21-16-3-1-2-4-17(16)26-19/h1-4,15H,5-14H2,(H,20,24)/p+1. The number of anilines is 1. The van der Waals surface area contributed by atoms with Crippen LogP contribution in [0.3, 0.4) is 0 Å². The lowest BCUT2D eigenvalue weighted by atomic mass is 9.96. The van der Waals surface area contributed by atoms with Gasteiger partial charge >= 0.3 is 0 Å². The number of benzene rings is 1. The highest BCUT2D eigenvalue weighted by molar-refractivity contribution is 5.79. The van der Waals surface area contributed by atoms with Gasteiger partial charge in [-0.2, -0.15) is 4.98 Å². The molecule has 0 radical (unpaired) electrons. The van der Waals surface area contributed by atoms with Crippen molar-refractivity contribution in [2.75, 3.05) is 57.4 Å². The minimum atomic E-state index is 0.0929. The number of quaternary nitrogens is 1. The molecular formula is C19H27N4O3+. The lowest BCUT2D eigenvalue weighted by Crippen LogP contribution is -3.14. The number of carbonyl (C=O) groups is 1. The van der Waals surface area contributed by atoms with E-state index in [9.17, 15) is 4.79 Å². The Morgan fingerprint density at radius 1 is 1.23 bits per heavy atom. The van der Waals surface area contributed by atoms with E-state index in [1.165, 1.54) is 4.90 Å². The summed E-state index contributed by atoms with van der Waals surface area (Å²) in [5, 5.41) is 3.12. The van der Waals surface area contributed by atoms with Crippen molar-refractivity contribution in [1.29, 1.82) is 0 Å². The molecule has 2 N–H and O–H groups in total. The predicted octanol–water partition coefficient (Wildman–Crippen LogP) is 0.0755. The Balaban J connectivity index is 1.23. The Morgan fingerprint density at radius 3 is 2.77 bits per heavy atom. The fraction of sp³-hybridized carbons (Fsp3) is 0.579. The van der Waals surface area contributed by atoms with E-state index >= 15 is 0 Å². The van der Waals surface area contributed by atoms with Crippen molar-refractivity contribution in [1.82, 2.24) is 10.3 Å². The van der Waals surface area contributed by atoms with Gasteiger partial charge in [0.05, 0.1) is 26.3 Å². The number of hydrogen-bond acceptors (Lipinski definition) is 5. The molecule has 7 heteroatoms. The highest BCUT2D eigenvalue weighted by Gasteiger charge is 2.27. The molecule has 0 unspecified atom stereocenters. The Labute approximate surface area is 153 Å². The lowest BCUT2D eigenvalue weighted by Gasteiger charge is -2.30. The number of carbonyl (C=O) groups excluding carboxylic acids is 1. The SMILES string of the molecule is O=C(NCC[NH+]1CCOCC1)C1CCN(c2nc3ccccc3o2)CC1. The summed E-state index contributed by atoms with van der Waals surface area (Å²) >= 11 is 0. The van der Waals surface area contributed by atoms with Gasteiger partial charge < -0.3 is 24.3 Å². The summed E-state index contributed by atoms with van der Waals surface area (Å²) in [4.78, 5) is 20.6. The second kappa shape index (κ2) is 8.05. The van der Waals surface area contributed by atoms with Gasteiger partial charge in [0.15, 0.2) is 5.58 Å². The van der Waals surface area contributed by atoms with Gasteiger partial charge in [-0.3, -0.25) is 4.79 Å². The van der Waals surface area contributed by atoms with Crippen molar-refractivity contribution < 1.29 is 18.8 Å². The first-order valence-corrected chi connectivity index (χ1v) is 9.59. The average Bonchev–Trinajstić information content (AvgIpc) is 3.13. The molecule has 0 saturated carbocycles. The van der Waals surface area contributed by atoms with E-state index in [0.717, 1.165) is 76.4 Å².